The molecule has 3 aromatic heterocycles. The largest absolute Gasteiger partial charge is 0.469 e. The molecule has 1 N–H and O–H groups in total. The topological polar surface area (TPSA) is 68.5 Å². The third-order valence-electron chi connectivity index (χ3n) is 4.12. The Balaban J connectivity index is 1.89. The summed E-state index contributed by atoms with van der Waals surface area (Å²) in [6.45, 7) is 0. The van der Waals surface area contributed by atoms with E-state index in [0.717, 1.165) is 5.69 Å². The summed E-state index contributed by atoms with van der Waals surface area (Å²) in [5.74, 6) is -0.0669. The van der Waals surface area contributed by atoms with Gasteiger partial charge in [-0.1, -0.05) is 11.6 Å². The molecule has 4 rings (SSSR count). The molecule has 9 heteroatoms. The van der Waals surface area contributed by atoms with E-state index < -0.39 is 0 Å². The fourth-order valence-electron chi connectivity index (χ4n) is 2.80. The number of nitrogens with zero attached hydrogens (tertiary/aromatic N) is 3. The molecule has 0 aliphatic heterocycles. The molecule has 0 fully saturated rings. The van der Waals surface area contributed by atoms with Crippen LogP contribution in [0.15, 0.2) is 48.1 Å². The number of carbonyl (C=O) groups is 1. The number of rotatable bonds is 5. The molecule has 1 aromatic carbocycles. The van der Waals surface area contributed by atoms with E-state index in [-0.39, 0.29) is 18.2 Å². The van der Waals surface area contributed by atoms with Gasteiger partial charge in [0.15, 0.2) is 4.96 Å². The summed E-state index contributed by atoms with van der Waals surface area (Å²) in [7, 11) is 1.35. The molecule has 0 bridgehead atoms. The summed E-state index contributed by atoms with van der Waals surface area (Å²) in [5.41, 5.74) is 2.70. The Labute approximate surface area is 168 Å². The summed E-state index contributed by atoms with van der Waals surface area (Å²) >= 11 is 7.74. The molecule has 28 heavy (non-hydrogen) atoms. The highest BCUT2D eigenvalue weighted by Gasteiger charge is 2.21. The van der Waals surface area contributed by atoms with Gasteiger partial charge in [0, 0.05) is 34.7 Å². The lowest BCUT2D eigenvalue weighted by Gasteiger charge is -2.10. The first kappa shape index (κ1) is 18.4. The van der Waals surface area contributed by atoms with Crippen molar-refractivity contribution in [1.29, 1.82) is 0 Å². The normalized spacial score (nSPS) is 11.0. The number of ether oxygens (including phenoxy) is 1. The molecule has 0 amide bonds. The monoisotopic (exact) mass is 416 g/mol. The molecule has 0 aliphatic carbocycles. The zero-order chi connectivity index (χ0) is 19.7. The van der Waals surface area contributed by atoms with Gasteiger partial charge in [0.25, 0.3) is 0 Å². The van der Waals surface area contributed by atoms with Gasteiger partial charge in [-0.05, 0) is 30.3 Å². The average molecular weight is 417 g/mol. The lowest BCUT2D eigenvalue weighted by Crippen LogP contribution is -2.07. The second-order valence-electron chi connectivity index (χ2n) is 5.89. The average Bonchev–Trinajstić information content (AvgIpc) is 3.24. The van der Waals surface area contributed by atoms with Crippen molar-refractivity contribution in [3.8, 4) is 11.3 Å². The van der Waals surface area contributed by atoms with Gasteiger partial charge in [-0.25, -0.2) is 9.37 Å². The van der Waals surface area contributed by atoms with Crippen molar-refractivity contribution in [3.05, 3.63) is 64.6 Å². The molecule has 0 spiro atoms. The van der Waals surface area contributed by atoms with E-state index in [1.165, 1.54) is 30.6 Å². The Hall–Kier alpha value is -2.97. The maximum absolute atomic E-state index is 13.3. The van der Waals surface area contributed by atoms with Gasteiger partial charge in [0.2, 0.25) is 0 Å². The van der Waals surface area contributed by atoms with E-state index in [9.17, 15) is 9.18 Å². The number of methoxy groups -OCH3 is 1. The van der Waals surface area contributed by atoms with Gasteiger partial charge in [0.1, 0.15) is 17.3 Å². The van der Waals surface area contributed by atoms with E-state index in [0.29, 0.717) is 32.7 Å². The molecule has 0 saturated carbocycles. The smallest absolute Gasteiger partial charge is 0.311 e. The van der Waals surface area contributed by atoms with Crippen LogP contribution in [0.3, 0.4) is 0 Å². The fourth-order valence-corrected chi connectivity index (χ4v) is 3.90. The predicted octanol–water partition coefficient (Wildman–Crippen LogP) is 4.71. The zero-order valence-corrected chi connectivity index (χ0v) is 16.2. The fraction of sp³-hybridized carbons (Fsp3) is 0.105. The molecule has 3 heterocycles. The summed E-state index contributed by atoms with van der Waals surface area (Å²) in [6, 6.07) is 7.74. The molecule has 0 saturated heterocycles. The van der Waals surface area contributed by atoms with Crippen molar-refractivity contribution >= 4 is 45.4 Å². The Morgan fingerprint density at radius 1 is 1.32 bits per heavy atom. The van der Waals surface area contributed by atoms with Crippen LogP contribution < -0.4 is 5.32 Å². The summed E-state index contributed by atoms with van der Waals surface area (Å²) in [4.78, 5) is 21.2. The molecule has 6 nitrogen and oxygen atoms in total. The third-order valence-corrected chi connectivity index (χ3v) is 5.30. The summed E-state index contributed by atoms with van der Waals surface area (Å²) < 4.78 is 19.9. The standard InChI is InChI=1S/C19H14ClFN4O2S/c1-27-16(26)8-13-10-28-19-24-17(14-6-7-22-9-15(14)20)18(25(13)19)23-12-4-2-11(21)3-5-12/h2-7,9-10,23H,8H2,1H3. The van der Waals surface area contributed by atoms with Gasteiger partial charge in [-0.15, -0.1) is 11.3 Å². The third kappa shape index (κ3) is 3.44. The second kappa shape index (κ2) is 7.57. The van der Waals surface area contributed by atoms with Crippen LogP contribution in [0.2, 0.25) is 5.02 Å². The van der Waals surface area contributed by atoms with Crippen LogP contribution in [-0.2, 0) is 16.0 Å². The highest BCUT2D eigenvalue weighted by Crippen LogP contribution is 2.37. The Bertz CT molecular complexity index is 1160. The number of benzene rings is 1. The SMILES string of the molecule is COC(=O)Cc1csc2nc(-c3ccncc3Cl)c(Nc3ccc(F)cc3)n12. The predicted molar refractivity (Wildman–Crippen MR) is 107 cm³/mol. The number of hydrogen-bond acceptors (Lipinski definition) is 6. The van der Waals surface area contributed by atoms with Crippen LogP contribution >= 0.6 is 22.9 Å². The number of imidazole rings is 1. The Morgan fingerprint density at radius 3 is 2.82 bits per heavy atom. The quantitative estimate of drug-likeness (QED) is 0.477. The van der Waals surface area contributed by atoms with Crippen molar-refractivity contribution in [1.82, 2.24) is 14.4 Å². The van der Waals surface area contributed by atoms with Crippen molar-refractivity contribution < 1.29 is 13.9 Å². The van der Waals surface area contributed by atoms with E-state index in [4.69, 9.17) is 21.3 Å². The lowest BCUT2D eigenvalue weighted by atomic mass is 10.2. The number of nitrogens with one attached hydrogen (secondary N) is 1. The number of esters is 1. The number of aromatic nitrogens is 3. The van der Waals surface area contributed by atoms with Crippen LogP contribution in [0.5, 0.6) is 0 Å². The first-order valence-electron chi connectivity index (χ1n) is 8.25. The van der Waals surface area contributed by atoms with Gasteiger partial charge >= 0.3 is 5.97 Å². The molecule has 0 radical (unpaired) electrons. The molecule has 0 aliphatic rings. The van der Waals surface area contributed by atoms with Crippen LogP contribution in [-0.4, -0.2) is 27.4 Å². The zero-order valence-electron chi connectivity index (χ0n) is 14.6. The molecular formula is C19H14ClFN4O2S. The van der Waals surface area contributed by atoms with Crippen molar-refractivity contribution in [2.45, 2.75) is 6.42 Å². The maximum atomic E-state index is 13.3. The van der Waals surface area contributed by atoms with E-state index in [1.54, 1.807) is 30.6 Å². The molecule has 0 atom stereocenters. The highest BCUT2D eigenvalue weighted by molar-refractivity contribution is 7.15. The maximum Gasteiger partial charge on any atom is 0.311 e. The van der Waals surface area contributed by atoms with Gasteiger partial charge < -0.3 is 10.1 Å². The number of carbonyl (C=O) groups excluding carboxylic acids is 1. The van der Waals surface area contributed by atoms with E-state index in [2.05, 4.69) is 10.3 Å². The Morgan fingerprint density at radius 2 is 2.11 bits per heavy atom. The molecule has 142 valence electrons. The number of anilines is 2. The first-order chi connectivity index (χ1) is 13.6. The number of thiazole rings is 1. The summed E-state index contributed by atoms with van der Waals surface area (Å²) in [6.07, 6.45) is 3.27. The number of fused-ring (bicyclic) bond motifs is 1. The van der Waals surface area contributed by atoms with Crippen LogP contribution in [0.25, 0.3) is 16.2 Å². The molecular weight excluding hydrogens is 403 g/mol. The first-order valence-corrected chi connectivity index (χ1v) is 9.50. The van der Waals surface area contributed by atoms with E-state index in [1.807, 2.05) is 9.78 Å². The van der Waals surface area contributed by atoms with Gasteiger partial charge in [-0.2, -0.15) is 0 Å². The molecule has 4 aromatic rings. The van der Waals surface area contributed by atoms with Crippen LogP contribution in [0.4, 0.5) is 15.9 Å². The van der Waals surface area contributed by atoms with Gasteiger partial charge in [-0.3, -0.25) is 14.2 Å². The van der Waals surface area contributed by atoms with Crippen molar-refractivity contribution in [3.63, 3.8) is 0 Å². The molecule has 0 unspecified atom stereocenters. The highest BCUT2D eigenvalue weighted by atomic mass is 35.5. The minimum absolute atomic E-state index is 0.0917. The van der Waals surface area contributed by atoms with Crippen LogP contribution in [0, 0.1) is 5.82 Å². The number of pyridine rings is 1. The number of hydrogen-bond donors (Lipinski definition) is 1. The van der Waals surface area contributed by atoms with Gasteiger partial charge in [0.05, 0.1) is 18.6 Å². The minimum Gasteiger partial charge on any atom is -0.469 e. The summed E-state index contributed by atoms with van der Waals surface area (Å²) in [5, 5.41) is 5.58. The second-order valence-corrected chi connectivity index (χ2v) is 7.14. The van der Waals surface area contributed by atoms with E-state index >= 15 is 0 Å². The van der Waals surface area contributed by atoms with Crippen molar-refractivity contribution in [2.24, 2.45) is 0 Å². The van der Waals surface area contributed by atoms with Crippen molar-refractivity contribution in [2.75, 3.05) is 12.4 Å². The Kier molecular flexibility index (Phi) is 4.97. The van der Waals surface area contributed by atoms with Crippen LogP contribution in [0.1, 0.15) is 5.69 Å². The lowest BCUT2D eigenvalue weighted by molar-refractivity contribution is -0.139. The number of halogens is 2. The minimum atomic E-state index is -0.357.